The lowest BCUT2D eigenvalue weighted by Crippen LogP contribution is -2.26. The third-order valence-electron chi connectivity index (χ3n) is 3.92. The van der Waals surface area contributed by atoms with Crippen LogP contribution in [0.2, 0.25) is 0 Å². The van der Waals surface area contributed by atoms with E-state index in [-0.39, 0.29) is 5.75 Å². The SMILES string of the molecule is OC1CCCC1Oc1c(F)cc(CNC2CC2)cc1F. The molecule has 0 saturated heterocycles. The third kappa shape index (κ3) is 3.10. The molecule has 2 saturated carbocycles. The van der Waals surface area contributed by atoms with Crippen molar-refractivity contribution in [3.63, 3.8) is 0 Å². The molecule has 0 aliphatic heterocycles. The molecule has 3 rings (SSSR count). The van der Waals surface area contributed by atoms with E-state index in [0.29, 0.717) is 31.0 Å². The molecule has 3 nitrogen and oxygen atoms in total. The van der Waals surface area contributed by atoms with Crippen LogP contribution in [0.5, 0.6) is 5.75 Å². The summed E-state index contributed by atoms with van der Waals surface area (Å²) in [6, 6.07) is 3.09. The van der Waals surface area contributed by atoms with Crippen LogP contribution in [-0.2, 0) is 6.54 Å². The molecule has 1 aromatic rings. The van der Waals surface area contributed by atoms with Gasteiger partial charge in [-0.2, -0.15) is 0 Å². The zero-order chi connectivity index (χ0) is 14.1. The number of benzene rings is 1. The number of hydrogen-bond acceptors (Lipinski definition) is 3. The van der Waals surface area contributed by atoms with E-state index in [0.717, 1.165) is 19.3 Å². The molecule has 2 N–H and O–H groups in total. The minimum atomic E-state index is -0.698. The van der Waals surface area contributed by atoms with E-state index in [9.17, 15) is 13.9 Å². The van der Waals surface area contributed by atoms with Crippen LogP contribution in [0.15, 0.2) is 12.1 Å². The standard InChI is InChI=1S/C15H19F2NO2/c16-11-6-9(8-18-10-4-5-10)7-12(17)15(11)20-14-3-1-2-13(14)19/h6-7,10,13-14,18-19H,1-5,8H2. The highest BCUT2D eigenvalue weighted by atomic mass is 19.1. The van der Waals surface area contributed by atoms with Crippen LogP contribution in [0.4, 0.5) is 8.78 Å². The van der Waals surface area contributed by atoms with Crippen LogP contribution >= 0.6 is 0 Å². The van der Waals surface area contributed by atoms with Crippen LogP contribution in [0.25, 0.3) is 0 Å². The second-order valence-electron chi connectivity index (χ2n) is 5.70. The Balaban J connectivity index is 1.70. The van der Waals surface area contributed by atoms with Gasteiger partial charge in [0, 0.05) is 12.6 Å². The topological polar surface area (TPSA) is 41.5 Å². The van der Waals surface area contributed by atoms with Gasteiger partial charge in [0.15, 0.2) is 17.4 Å². The fourth-order valence-corrected chi connectivity index (χ4v) is 2.57. The number of ether oxygens (including phenoxy) is 1. The van der Waals surface area contributed by atoms with E-state index in [4.69, 9.17) is 4.74 Å². The number of rotatable bonds is 5. The van der Waals surface area contributed by atoms with E-state index in [2.05, 4.69) is 5.32 Å². The van der Waals surface area contributed by atoms with Crippen molar-refractivity contribution < 1.29 is 18.6 Å². The summed E-state index contributed by atoms with van der Waals surface area (Å²) >= 11 is 0. The molecule has 1 aromatic carbocycles. The first-order chi connectivity index (χ1) is 9.63. The summed E-state index contributed by atoms with van der Waals surface area (Å²) in [6.45, 7) is 0.463. The van der Waals surface area contributed by atoms with Crippen LogP contribution in [0.1, 0.15) is 37.7 Å². The Hall–Kier alpha value is -1.20. The third-order valence-corrected chi connectivity index (χ3v) is 3.92. The van der Waals surface area contributed by atoms with Crippen LogP contribution in [0.3, 0.4) is 0 Å². The Labute approximate surface area is 116 Å². The van der Waals surface area contributed by atoms with Gasteiger partial charge >= 0.3 is 0 Å². The van der Waals surface area contributed by atoms with Crippen LogP contribution < -0.4 is 10.1 Å². The summed E-state index contributed by atoms with van der Waals surface area (Å²) in [7, 11) is 0. The maximum atomic E-state index is 14.0. The second kappa shape index (κ2) is 5.66. The minimum Gasteiger partial charge on any atom is -0.482 e. The van der Waals surface area contributed by atoms with E-state index in [1.807, 2.05) is 0 Å². The van der Waals surface area contributed by atoms with Gasteiger partial charge in [-0.3, -0.25) is 0 Å². The molecule has 110 valence electrons. The average Bonchev–Trinajstić information content (AvgIpc) is 3.15. The van der Waals surface area contributed by atoms with Gasteiger partial charge in [-0.05, 0) is 49.8 Å². The molecule has 2 aliphatic carbocycles. The van der Waals surface area contributed by atoms with Gasteiger partial charge in [-0.15, -0.1) is 0 Å². The lowest BCUT2D eigenvalue weighted by Gasteiger charge is -2.18. The molecule has 0 spiro atoms. The predicted molar refractivity (Wildman–Crippen MR) is 70.5 cm³/mol. The van der Waals surface area contributed by atoms with Gasteiger partial charge in [0.25, 0.3) is 0 Å². The summed E-state index contributed by atoms with van der Waals surface area (Å²) in [5, 5.41) is 12.9. The minimum absolute atomic E-state index is 0.369. The van der Waals surface area contributed by atoms with E-state index >= 15 is 0 Å². The molecule has 0 heterocycles. The Morgan fingerprint density at radius 3 is 2.40 bits per heavy atom. The Morgan fingerprint density at radius 1 is 1.15 bits per heavy atom. The molecule has 2 aliphatic rings. The zero-order valence-electron chi connectivity index (χ0n) is 11.2. The summed E-state index contributed by atoms with van der Waals surface area (Å²) in [4.78, 5) is 0. The van der Waals surface area contributed by atoms with Gasteiger partial charge in [-0.25, -0.2) is 8.78 Å². The number of nitrogens with one attached hydrogen (secondary N) is 1. The largest absolute Gasteiger partial charge is 0.482 e. The highest BCUT2D eigenvalue weighted by Gasteiger charge is 2.29. The van der Waals surface area contributed by atoms with Gasteiger partial charge in [0.05, 0.1) is 6.10 Å². The molecular formula is C15H19F2NO2. The number of hydrogen-bond donors (Lipinski definition) is 2. The fraction of sp³-hybridized carbons (Fsp3) is 0.600. The number of aliphatic hydroxyl groups excluding tert-OH is 1. The summed E-state index contributed by atoms with van der Waals surface area (Å²) in [5.74, 6) is -1.76. The smallest absolute Gasteiger partial charge is 0.191 e. The second-order valence-corrected chi connectivity index (χ2v) is 5.70. The fourth-order valence-electron chi connectivity index (χ4n) is 2.57. The lowest BCUT2D eigenvalue weighted by molar-refractivity contribution is 0.0551. The van der Waals surface area contributed by atoms with Gasteiger partial charge in [0.2, 0.25) is 0 Å². The highest BCUT2D eigenvalue weighted by Crippen LogP contribution is 2.29. The van der Waals surface area contributed by atoms with Gasteiger partial charge < -0.3 is 15.2 Å². The van der Waals surface area contributed by atoms with Crippen molar-refractivity contribution in [3.05, 3.63) is 29.3 Å². The molecule has 0 bridgehead atoms. The quantitative estimate of drug-likeness (QED) is 0.872. The first kappa shape index (κ1) is 13.8. The molecule has 0 amide bonds. The molecule has 0 aromatic heterocycles. The van der Waals surface area contributed by atoms with Crippen molar-refractivity contribution >= 4 is 0 Å². The van der Waals surface area contributed by atoms with Crippen molar-refractivity contribution in [2.45, 2.75) is 56.9 Å². The average molecular weight is 283 g/mol. The first-order valence-corrected chi connectivity index (χ1v) is 7.19. The summed E-state index contributed by atoms with van der Waals surface area (Å²) in [6.07, 6.45) is 3.19. The first-order valence-electron chi connectivity index (χ1n) is 7.19. The predicted octanol–water partition coefficient (Wildman–Crippen LogP) is 2.51. The maximum absolute atomic E-state index is 14.0. The van der Waals surface area contributed by atoms with E-state index in [1.54, 1.807) is 0 Å². The van der Waals surface area contributed by atoms with Crippen LogP contribution in [0, 0.1) is 11.6 Å². The molecular weight excluding hydrogens is 264 g/mol. The molecule has 2 unspecified atom stereocenters. The van der Waals surface area contributed by atoms with Crippen molar-refractivity contribution in [1.82, 2.24) is 5.32 Å². The molecule has 2 atom stereocenters. The number of halogens is 2. The summed E-state index contributed by atoms with van der Waals surface area (Å²) < 4.78 is 33.2. The molecule has 2 fully saturated rings. The van der Waals surface area contributed by atoms with Gasteiger partial charge in [-0.1, -0.05) is 0 Å². The molecule has 5 heteroatoms. The Bertz CT molecular complexity index is 468. The highest BCUT2D eigenvalue weighted by molar-refractivity contribution is 5.31. The van der Waals surface area contributed by atoms with Crippen molar-refractivity contribution in [1.29, 1.82) is 0 Å². The number of aliphatic hydroxyl groups is 1. The summed E-state index contributed by atoms with van der Waals surface area (Å²) in [5.41, 5.74) is 0.575. The van der Waals surface area contributed by atoms with E-state index < -0.39 is 23.8 Å². The van der Waals surface area contributed by atoms with Crippen molar-refractivity contribution in [2.75, 3.05) is 0 Å². The Kier molecular flexibility index (Phi) is 3.89. The van der Waals surface area contributed by atoms with Gasteiger partial charge in [0.1, 0.15) is 6.10 Å². The zero-order valence-corrected chi connectivity index (χ0v) is 11.2. The lowest BCUT2D eigenvalue weighted by atomic mass is 10.2. The maximum Gasteiger partial charge on any atom is 0.191 e. The molecule has 20 heavy (non-hydrogen) atoms. The van der Waals surface area contributed by atoms with Crippen LogP contribution in [-0.4, -0.2) is 23.4 Å². The Morgan fingerprint density at radius 2 is 1.85 bits per heavy atom. The normalized spacial score (nSPS) is 25.9. The monoisotopic (exact) mass is 283 g/mol. The van der Waals surface area contributed by atoms with Crippen molar-refractivity contribution in [2.24, 2.45) is 0 Å². The molecule has 0 radical (unpaired) electrons. The van der Waals surface area contributed by atoms with Crippen molar-refractivity contribution in [3.8, 4) is 5.75 Å². The van der Waals surface area contributed by atoms with E-state index in [1.165, 1.54) is 12.1 Å².